The third-order valence-electron chi connectivity index (χ3n) is 4.49. The van der Waals surface area contributed by atoms with E-state index in [-0.39, 0.29) is 0 Å². The smallest absolute Gasteiger partial charge is 0.226 e. The molecule has 7 nitrogen and oxygen atoms in total. The molecule has 0 unspecified atom stereocenters. The number of pyridine rings is 1. The second-order valence-electron chi connectivity index (χ2n) is 6.67. The summed E-state index contributed by atoms with van der Waals surface area (Å²) in [6.07, 6.45) is 6.51. The van der Waals surface area contributed by atoms with Gasteiger partial charge in [-0.2, -0.15) is 4.98 Å². The zero-order valence-corrected chi connectivity index (χ0v) is 17.3. The monoisotopic (exact) mass is 406 g/mol. The van der Waals surface area contributed by atoms with E-state index < -0.39 is 0 Å². The molecule has 29 heavy (non-hydrogen) atoms. The van der Waals surface area contributed by atoms with Crippen LogP contribution >= 0.6 is 11.8 Å². The van der Waals surface area contributed by atoms with E-state index in [1.54, 1.807) is 24.2 Å². The first-order valence-corrected chi connectivity index (χ1v) is 10.6. The van der Waals surface area contributed by atoms with Gasteiger partial charge in [0.05, 0.1) is 11.4 Å². The summed E-state index contributed by atoms with van der Waals surface area (Å²) in [5, 5.41) is 13.8. The normalized spacial score (nSPS) is 11.1. The summed E-state index contributed by atoms with van der Waals surface area (Å²) in [6, 6.07) is 12.1. The minimum absolute atomic E-state index is 0.562. The van der Waals surface area contributed by atoms with Crippen molar-refractivity contribution in [3.63, 3.8) is 0 Å². The second-order valence-corrected chi connectivity index (χ2v) is 7.61. The fourth-order valence-corrected chi connectivity index (χ4v) is 3.77. The lowest BCUT2D eigenvalue weighted by molar-refractivity contribution is 0.371. The maximum Gasteiger partial charge on any atom is 0.226 e. The van der Waals surface area contributed by atoms with Gasteiger partial charge in [0, 0.05) is 24.4 Å². The maximum atomic E-state index is 5.34. The van der Waals surface area contributed by atoms with E-state index in [0.717, 1.165) is 47.1 Å². The van der Waals surface area contributed by atoms with Crippen LogP contribution in [0.3, 0.4) is 0 Å². The van der Waals surface area contributed by atoms with Crippen LogP contribution in [0.5, 0.6) is 0 Å². The molecule has 0 radical (unpaired) electrons. The molecule has 3 aromatic heterocycles. The van der Waals surface area contributed by atoms with Crippen molar-refractivity contribution in [2.24, 2.45) is 0 Å². The van der Waals surface area contributed by atoms with Gasteiger partial charge in [0.25, 0.3) is 0 Å². The number of aromatic nitrogens is 6. The van der Waals surface area contributed by atoms with Gasteiger partial charge in [-0.1, -0.05) is 48.5 Å². The molecule has 148 valence electrons. The molecule has 0 saturated carbocycles. The molecule has 8 heteroatoms. The Kier molecular flexibility index (Phi) is 6.00. The van der Waals surface area contributed by atoms with Gasteiger partial charge in [-0.25, -0.2) is 0 Å². The summed E-state index contributed by atoms with van der Waals surface area (Å²) in [5.41, 5.74) is 3.09. The topological polar surface area (TPSA) is 82.5 Å². The van der Waals surface area contributed by atoms with Crippen LogP contribution in [0.2, 0.25) is 0 Å². The Hall–Kier alpha value is -3.00. The Morgan fingerprint density at radius 2 is 2.00 bits per heavy atom. The Morgan fingerprint density at radius 1 is 1.10 bits per heavy atom. The second kappa shape index (κ2) is 9.00. The third kappa shape index (κ3) is 4.37. The van der Waals surface area contributed by atoms with Crippen molar-refractivity contribution in [1.29, 1.82) is 0 Å². The molecule has 4 aromatic rings. The Morgan fingerprint density at radius 3 is 2.79 bits per heavy atom. The van der Waals surface area contributed by atoms with Crippen molar-refractivity contribution >= 4 is 11.8 Å². The summed E-state index contributed by atoms with van der Waals surface area (Å²) in [7, 11) is 0. The molecule has 0 aliphatic heterocycles. The predicted molar refractivity (Wildman–Crippen MR) is 112 cm³/mol. The van der Waals surface area contributed by atoms with Crippen molar-refractivity contribution in [3.8, 4) is 17.1 Å². The van der Waals surface area contributed by atoms with E-state index in [0.29, 0.717) is 17.5 Å². The summed E-state index contributed by atoms with van der Waals surface area (Å²) < 4.78 is 7.40. The van der Waals surface area contributed by atoms with E-state index in [4.69, 9.17) is 4.52 Å². The Bertz CT molecular complexity index is 1080. The van der Waals surface area contributed by atoms with E-state index in [1.165, 1.54) is 0 Å². The highest BCUT2D eigenvalue weighted by Gasteiger charge is 2.18. The fourth-order valence-electron chi connectivity index (χ4n) is 2.98. The molecule has 4 rings (SSSR count). The zero-order chi connectivity index (χ0) is 20.1. The van der Waals surface area contributed by atoms with Crippen molar-refractivity contribution in [2.75, 3.05) is 0 Å². The molecular formula is C21H22N6OS. The summed E-state index contributed by atoms with van der Waals surface area (Å²) in [5.74, 6) is 2.68. The molecule has 0 N–H and O–H groups in total. The molecule has 1 aromatic carbocycles. The zero-order valence-electron chi connectivity index (χ0n) is 16.4. The van der Waals surface area contributed by atoms with E-state index in [1.807, 2.05) is 24.3 Å². The highest BCUT2D eigenvalue weighted by Crippen LogP contribution is 2.30. The van der Waals surface area contributed by atoms with Crippen LogP contribution < -0.4 is 0 Å². The number of nitrogens with zero attached hydrogens (tertiary/aromatic N) is 6. The molecule has 0 fully saturated rings. The highest BCUT2D eigenvalue weighted by molar-refractivity contribution is 7.98. The molecule has 3 heterocycles. The fraction of sp³-hybridized carbons (Fsp3) is 0.286. The largest absolute Gasteiger partial charge is 0.339 e. The summed E-state index contributed by atoms with van der Waals surface area (Å²) >= 11 is 1.54. The minimum Gasteiger partial charge on any atom is -0.339 e. The van der Waals surface area contributed by atoms with Gasteiger partial charge in [-0.3, -0.25) is 9.55 Å². The average molecular weight is 407 g/mol. The first kappa shape index (κ1) is 19.3. The van der Waals surface area contributed by atoms with Gasteiger partial charge < -0.3 is 4.52 Å². The number of thioether (sulfide) groups is 1. The lowest BCUT2D eigenvalue weighted by Crippen LogP contribution is -2.02. The van der Waals surface area contributed by atoms with Crippen LogP contribution in [-0.4, -0.2) is 29.9 Å². The molecule has 0 spiro atoms. The van der Waals surface area contributed by atoms with Gasteiger partial charge in [0.2, 0.25) is 5.89 Å². The number of aryl methyl sites for hydroxylation is 2. The number of benzene rings is 1. The van der Waals surface area contributed by atoms with Gasteiger partial charge in [0.15, 0.2) is 16.8 Å². The lowest BCUT2D eigenvalue weighted by Gasteiger charge is -2.12. The van der Waals surface area contributed by atoms with Crippen molar-refractivity contribution in [3.05, 3.63) is 66.1 Å². The van der Waals surface area contributed by atoms with Crippen molar-refractivity contribution in [1.82, 2.24) is 29.9 Å². The lowest BCUT2D eigenvalue weighted by atomic mass is 10.2. The van der Waals surface area contributed by atoms with Gasteiger partial charge in [0.1, 0.15) is 0 Å². The van der Waals surface area contributed by atoms with Crippen LogP contribution in [0.15, 0.2) is 58.5 Å². The average Bonchev–Trinajstić information content (AvgIpc) is 3.38. The van der Waals surface area contributed by atoms with Crippen LogP contribution in [0, 0.1) is 6.92 Å². The first-order valence-electron chi connectivity index (χ1n) is 9.62. The SMILES string of the molecule is CCCCc1nc(CSc2nnc(-c3cccnc3)n2-c2ccccc2C)no1. The summed E-state index contributed by atoms with van der Waals surface area (Å²) in [6.45, 7) is 4.22. The highest BCUT2D eigenvalue weighted by atomic mass is 32.2. The number of unbranched alkanes of at least 4 members (excludes halogenated alkanes) is 1. The van der Waals surface area contributed by atoms with Gasteiger partial charge >= 0.3 is 0 Å². The predicted octanol–water partition coefficient (Wildman–Crippen LogP) is 4.66. The van der Waals surface area contributed by atoms with Crippen LogP contribution in [-0.2, 0) is 12.2 Å². The van der Waals surface area contributed by atoms with Gasteiger partial charge in [-0.05, 0) is 37.1 Å². The number of rotatable bonds is 8. The van der Waals surface area contributed by atoms with Crippen LogP contribution in [0.25, 0.3) is 17.1 Å². The van der Waals surface area contributed by atoms with E-state index >= 15 is 0 Å². The van der Waals surface area contributed by atoms with E-state index in [2.05, 4.69) is 55.9 Å². The molecule has 0 bridgehead atoms. The molecular weight excluding hydrogens is 384 g/mol. The van der Waals surface area contributed by atoms with Crippen molar-refractivity contribution < 1.29 is 4.52 Å². The van der Waals surface area contributed by atoms with E-state index in [9.17, 15) is 0 Å². The van der Waals surface area contributed by atoms with Crippen molar-refractivity contribution in [2.45, 2.75) is 44.0 Å². The molecule has 0 aliphatic carbocycles. The van der Waals surface area contributed by atoms with Gasteiger partial charge in [-0.15, -0.1) is 10.2 Å². The number of hydrogen-bond donors (Lipinski definition) is 0. The standard InChI is InChI=1S/C21H22N6OS/c1-3-4-11-19-23-18(26-28-19)14-29-21-25-24-20(16-9-7-12-22-13-16)27(21)17-10-6-5-8-15(17)2/h5-10,12-13H,3-4,11,14H2,1-2H3. The maximum absolute atomic E-state index is 5.34. The number of hydrogen-bond acceptors (Lipinski definition) is 7. The third-order valence-corrected chi connectivity index (χ3v) is 5.42. The molecule has 0 atom stereocenters. The molecule has 0 amide bonds. The number of para-hydroxylation sites is 1. The Balaban J connectivity index is 1.64. The van der Waals surface area contributed by atoms with Crippen LogP contribution in [0.4, 0.5) is 0 Å². The molecule has 0 saturated heterocycles. The minimum atomic E-state index is 0.562. The quantitative estimate of drug-likeness (QED) is 0.394. The first-order chi connectivity index (χ1) is 14.3. The summed E-state index contributed by atoms with van der Waals surface area (Å²) in [4.78, 5) is 8.71. The molecule has 0 aliphatic rings. The Labute approximate surface area is 173 Å². The van der Waals surface area contributed by atoms with Crippen LogP contribution in [0.1, 0.15) is 37.0 Å².